The lowest BCUT2D eigenvalue weighted by Crippen LogP contribution is -2.18. The summed E-state index contributed by atoms with van der Waals surface area (Å²) in [4.78, 5) is 37.2. The van der Waals surface area contributed by atoms with E-state index in [1.54, 1.807) is 12.4 Å². The smallest absolute Gasteiger partial charge is 0.259 e. The van der Waals surface area contributed by atoms with E-state index < -0.39 is 0 Å². The van der Waals surface area contributed by atoms with E-state index in [1.165, 1.54) is 11.3 Å². The molecular weight excluding hydrogens is 386 g/mol. The van der Waals surface area contributed by atoms with Crippen LogP contribution in [0.4, 0.5) is 10.8 Å². The number of rotatable bonds is 3. The van der Waals surface area contributed by atoms with Crippen molar-refractivity contribution in [2.75, 3.05) is 10.6 Å². The largest absolute Gasteiger partial charge is 0.345 e. The van der Waals surface area contributed by atoms with Gasteiger partial charge in [0.05, 0.1) is 23.1 Å². The summed E-state index contributed by atoms with van der Waals surface area (Å²) >= 11 is 1.44. The SMILES string of the molecule is Cc1sc(NC(=O)c2cccc3[nH]cnc23)nc1-c1ccc2c(c1)CCC(=O)N2. The molecule has 0 radical (unpaired) electrons. The minimum atomic E-state index is -0.240. The highest BCUT2D eigenvalue weighted by Crippen LogP contribution is 2.34. The number of hydrogen-bond donors (Lipinski definition) is 3. The van der Waals surface area contributed by atoms with Crippen LogP contribution in [0.15, 0.2) is 42.7 Å². The van der Waals surface area contributed by atoms with Crippen LogP contribution in [0.2, 0.25) is 0 Å². The van der Waals surface area contributed by atoms with Gasteiger partial charge in [-0.1, -0.05) is 12.1 Å². The van der Waals surface area contributed by atoms with Crippen molar-refractivity contribution in [1.82, 2.24) is 15.0 Å². The predicted octanol–water partition coefficient (Wildman–Crippen LogP) is 4.13. The fourth-order valence-corrected chi connectivity index (χ4v) is 4.39. The quantitative estimate of drug-likeness (QED) is 0.479. The third-order valence-electron chi connectivity index (χ3n) is 4.99. The van der Waals surface area contributed by atoms with Gasteiger partial charge in [-0.15, -0.1) is 11.3 Å². The molecule has 0 unspecified atom stereocenters. The van der Waals surface area contributed by atoms with E-state index in [9.17, 15) is 9.59 Å². The van der Waals surface area contributed by atoms with E-state index in [0.717, 1.165) is 39.3 Å². The topological polar surface area (TPSA) is 99.8 Å². The molecule has 0 spiro atoms. The minimum Gasteiger partial charge on any atom is -0.345 e. The molecule has 0 aliphatic carbocycles. The molecule has 0 saturated heterocycles. The Morgan fingerprint density at radius 2 is 2.10 bits per heavy atom. The zero-order valence-corrected chi connectivity index (χ0v) is 16.4. The zero-order valence-electron chi connectivity index (χ0n) is 15.6. The van der Waals surface area contributed by atoms with Crippen LogP contribution >= 0.6 is 11.3 Å². The van der Waals surface area contributed by atoms with Crippen LogP contribution in [0.1, 0.15) is 27.2 Å². The second-order valence-corrected chi connectivity index (χ2v) is 8.11. The van der Waals surface area contributed by atoms with E-state index in [-0.39, 0.29) is 11.8 Å². The first-order valence-electron chi connectivity index (χ1n) is 9.22. The first kappa shape index (κ1) is 17.6. The number of anilines is 2. The van der Waals surface area contributed by atoms with Crippen LogP contribution in [0.3, 0.4) is 0 Å². The standard InChI is InChI=1S/C21H17N5O2S/c1-11-18(13-5-7-15-12(9-13)6-8-17(27)24-15)25-21(29-11)26-20(28)14-3-2-4-16-19(14)23-10-22-16/h2-5,7,9-10H,6,8H2,1H3,(H,22,23)(H,24,27)(H,25,26,28). The zero-order chi connectivity index (χ0) is 20.0. The van der Waals surface area contributed by atoms with Gasteiger partial charge in [0.1, 0.15) is 5.52 Å². The predicted molar refractivity (Wildman–Crippen MR) is 113 cm³/mol. The van der Waals surface area contributed by atoms with Gasteiger partial charge in [0, 0.05) is 22.5 Å². The minimum absolute atomic E-state index is 0.0482. The number of aromatic nitrogens is 3. The Morgan fingerprint density at radius 3 is 3.00 bits per heavy atom. The van der Waals surface area contributed by atoms with Crippen LogP contribution in [0.25, 0.3) is 22.3 Å². The monoisotopic (exact) mass is 403 g/mol. The highest BCUT2D eigenvalue weighted by molar-refractivity contribution is 7.16. The van der Waals surface area contributed by atoms with Crippen molar-refractivity contribution in [3.8, 4) is 11.3 Å². The normalized spacial score (nSPS) is 13.2. The molecule has 144 valence electrons. The number of amides is 2. The molecule has 29 heavy (non-hydrogen) atoms. The molecular formula is C21H17N5O2S. The van der Waals surface area contributed by atoms with Crippen molar-refractivity contribution in [3.05, 3.63) is 58.7 Å². The maximum absolute atomic E-state index is 12.8. The summed E-state index contributed by atoms with van der Waals surface area (Å²) in [7, 11) is 0. The lowest BCUT2D eigenvalue weighted by molar-refractivity contribution is -0.116. The first-order valence-corrected chi connectivity index (χ1v) is 10.0. The second-order valence-electron chi connectivity index (χ2n) is 6.90. The first-order chi connectivity index (χ1) is 14.1. The Labute approximate surface area is 170 Å². The van der Waals surface area contributed by atoms with Gasteiger partial charge < -0.3 is 10.3 Å². The number of carbonyl (C=O) groups is 2. The number of thiazole rings is 1. The number of hydrogen-bond acceptors (Lipinski definition) is 5. The highest BCUT2D eigenvalue weighted by Gasteiger charge is 2.19. The molecule has 3 heterocycles. The van der Waals surface area contributed by atoms with Crippen molar-refractivity contribution in [3.63, 3.8) is 0 Å². The summed E-state index contributed by atoms with van der Waals surface area (Å²) in [5, 5.41) is 6.33. The van der Waals surface area contributed by atoms with Crippen molar-refractivity contribution in [2.24, 2.45) is 0 Å². The van der Waals surface area contributed by atoms with Crippen molar-refractivity contribution in [2.45, 2.75) is 19.8 Å². The Bertz CT molecular complexity index is 1270. The summed E-state index contributed by atoms with van der Waals surface area (Å²) in [6.07, 6.45) is 2.79. The molecule has 3 N–H and O–H groups in total. The summed E-state index contributed by atoms with van der Waals surface area (Å²) in [5.41, 5.74) is 5.73. The number of fused-ring (bicyclic) bond motifs is 2. The molecule has 1 aliphatic heterocycles. The van der Waals surface area contributed by atoms with Crippen LogP contribution in [-0.4, -0.2) is 26.8 Å². The van der Waals surface area contributed by atoms with Gasteiger partial charge in [-0.3, -0.25) is 14.9 Å². The number of benzene rings is 2. The van der Waals surface area contributed by atoms with Gasteiger partial charge in [-0.2, -0.15) is 0 Å². The number of aromatic amines is 1. The Morgan fingerprint density at radius 1 is 1.21 bits per heavy atom. The molecule has 0 atom stereocenters. The van der Waals surface area contributed by atoms with E-state index in [1.807, 2.05) is 31.2 Å². The summed E-state index contributed by atoms with van der Waals surface area (Å²) in [5.74, 6) is -0.192. The maximum atomic E-state index is 12.8. The molecule has 7 nitrogen and oxygen atoms in total. The number of aryl methyl sites for hydroxylation is 2. The van der Waals surface area contributed by atoms with Gasteiger partial charge in [0.25, 0.3) is 5.91 Å². The van der Waals surface area contributed by atoms with E-state index in [0.29, 0.717) is 22.6 Å². The summed E-state index contributed by atoms with van der Waals surface area (Å²) in [6, 6.07) is 11.4. The molecule has 4 aromatic rings. The third-order valence-corrected chi connectivity index (χ3v) is 5.87. The molecule has 2 aromatic heterocycles. The van der Waals surface area contributed by atoms with Crippen LogP contribution < -0.4 is 10.6 Å². The molecule has 1 aliphatic rings. The number of nitrogens with one attached hydrogen (secondary N) is 3. The lowest BCUT2D eigenvalue weighted by atomic mass is 9.99. The third kappa shape index (κ3) is 3.17. The van der Waals surface area contributed by atoms with Gasteiger partial charge in [0.15, 0.2) is 5.13 Å². The average Bonchev–Trinajstić information content (AvgIpc) is 3.33. The average molecular weight is 403 g/mol. The lowest BCUT2D eigenvalue weighted by Gasteiger charge is -2.17. The molecule has 5 rings (SSSR count). The Balaban J connectivity index is 1.43. The molecule has 2 aromatic carbocycles. The fraction of sp³-hybridized carbons (Fsp3) is 0.143. The summed E-state index contributed by atoms with van der Waals surface area (Å²) < 4.78 is 0. The van der Waals surface area contributed by atoms with Crippen molar-refractivity contribution < 1.29 is 9.59 Å². The van der Waals surface area contributed by atoms with E-state index >= 15 is 0 Å². The van der Waals surface area contributed by atoms with Crippen molar-refractivity contribution >= 4 is 45.0 Å². The van der Waals surface area contributed by atoms with Gasteiger partial charge >= 0.3 is 0 Å². The molecule has 0 fully saturated rings. The number of para-hydroxylation sites is 1. The van der Waals surface area contributed by atoms with E-state index in [4.69, 9.17) is 0 Å². The molecule has 8 heteroatoms. The van der Waals surface area contributed by atoms with Crippen molar-refractivity contribution in [1.29, 1.82) is 0 Å². The number of carbonyl (C=O) groups excluding carboxylic acids is 2. The molecule has 0 bridgehead atoms. The highest BCUT2D eigenvalue weighted by atomic mass is 32.1. The fourth-order valence-electron chi connectivity index (χ4n) is 3.56. The maximum Gasteiger partial charge on any atom is 0.259 e. The van der Waals surface area contributed by atoms with Gasteiger partial charge in [-0.05, 0) is 43.2 Å². The molecule has 2 amide bonds. The molecule has 0 saturated carbocycles. The van der Waals surface area contributed by atoms with Crippen LogP contribution in [0.5, 0.6) is 0 Å². The number of nitrogens with zero attached hydrogens (tertiary/aromatic N) is 2. The number of imidazole rings is 1. The Hall–Kier alpha value is -3.52. The van der Waals surface area contributed by atoms with Crippen LogP contribution in [-0.2, 0) is 11.2 Å². The summed E-state index contributed by atoms with van der Waals surface area (Å²) in [6.45, 7) is 1.98. The second kappa shape index (κ2) is 6.82. The van der Waals surface area contributed by atoms with E-state index in [2.05, 4.69) is 31.7 Å². The van der Waals surface area contributed by atoms with Gasteiger partial charge in [0.2, 0.25) is 5.91 Å². The van der Waals surface area contributed by atoms with Crippen LogP contribution in [0, 0.1) is 6.92 Å². The number of H-pyrrole nitrogens is 1. The van der Waals surface area contributed by atoms with Gasteiger partial charge in [-0.25, -0.2) is 9.97 Å². The Kier molecular flexibility index (Phi) is 4.13.